The smallest absolute Gasteiger partial charge is 0.0667 e. The summed E-state index contributed by atoms with van der Waals surface area (Å²) >= 11 is 0. The number of aromatic nitrogens is 2. The first-order chi connectivity index (χ1) is 7.06. The third-order valence-electron chi connectivity index (χ3n) is 2.79. The zero-order valence-electron chi connectivity index (χ0n) is 10.3. The Balaban J connectivity index is 2.50. The van der Waals surface area contributed by atoms with Crippen molar-refractivity contribution in [1.82, 2.24) is 15.1 Å². The van der Waals surface area contributed by atoms with Crippen LogP contribution in [-0.4, -0.2) is 29.5 Å². The Morgan fingerprint density at radius 1 is 1.47 bits per heavy atom. The van der Waals surface area contributed by atoms with Crippen LogP contribution in [0.25, 0.3) is 0 Å². The topological polar surface area (TPSA) is 39.1 Å². The van der Waals surface area contributed by atoms with Crippen LogP contribution < -0.4 is 5.32 Å². The minimum absolute atomic E-state index is 0.252. The van der Waals surface area contributed by atoms with Crippen molar-refractivity contribution in [3.63, 3.8) is 0 Å². The molecule has 0 radical (unpaired) electrons. The summed E-state index contributed by atoms with van der Waals surface area (Å²) in [6.45, 7) is 7.92. The molecule has 0 amide bonds. The zero-order chi connectivity index (χ0) is 11.4. The number of nitrogens with one attached hydrogen (secondary N) is 1. The van der Waals surface area contributed by atoms with Crippen molar-refractivity contribution in [3.05, 3.63) is 17.0 Å². The summed E-state index contributed by atoms with van der Waals surface area (Å²) in [5.74, 6) is 0. The number of methoxy groups -OCH3 is 1. The number of aryl methyl sites for hydroxylation is 2. The standard InChI is InChI=1S/C11H21N3O/c1-8(15-5)6-12-7-11-9(2)13-14(4)10(11)3/h8,12H,6-7H2,1-5H3. The van der Waals surface area contributed by atoms with Gasteiger partial charge in [-0.25, -0.2) is 0 Å². The second kappa shape index (κ2) is 5.28. The molecule has 1 atom stereocenters. The van der Waals surface area contributed by atoms with E-state index in [1.807, 2.05) is 18.7 Å². The Morgan fingerprint density at radius 3 is 2.60 bits per heavy atom. The van der Waals surface area contributed by atoms with Crippen LogP contribution in [-0.2, 0) is 18.3 Å². The maximum atomic E-state index is 5.17. The molecule has 0 spiro atoms. The first-order valence-electron chi connectivity index (χ1n) is 5.28. The van der Waals surface area contributed by atoms with Crippen molar-refractivity contribution in [1.29, 1.82) is 0 Å². The molecule has 1 rings (SSSR count). The molecule has 86 valence electrons. The van der Waals surface area contributed by atoms with Gasteiger partial charge in [0.2, 0.25) is 0 Å². The SMILES string of the molecule is COC(C)CNCc1c(C)nn(C)c1C. The molecule has 0 bridgehead atoms. The first kappa shape index (κ1) is 12.2. The van der Waals surface area contributed by atoms with E-state index < -0.39 is 0 Å². The molecular formula is C11H21N3O. The Hall–Kier alpha value is -0.870. The third-order valence-corrected chi connectivity index (χ3v) is 2.79. The number of rotatable bonds is 5. The van der Waals surface area contributed by atoms with E-state index in [1.54, 1.807) is 7.11 Å². The second-order valence-corrected chi connectivity index (χ2v) is 3.95. The molecule has 0 saturated heterocycles. The van der Waals surface area contributed by atoms with Crippen LogP contribution in [0.5, 0.6) is 0 Å². The molecule has 1 aromatic rings. The maximum Gasteiger partial charge on any atom is 0.0667 e. The van der Waals surface area contributed by atoms with Gasteiger partial charge in [-0.2, -0.15) is 5.10 Å². The number of ether oxygens (including phenoxy) is 1. The minimum atomic E-state index is 0.252. The summed E-state index contributed by atoms with van der Waals surface area (Å²) in [6, 6.07) is 0. The van der Waals surface area contributed by atoms with Gasteiger partial charge in [-0.3, -0.25) is 4.68 Å². The van der Waals surface area contributed by atoms with Crippen LogP contribution in [0.15, 0.2) is 0 Å². The van der Waals surface area contributed by atoms with Crippen LogP contribution in [0.3, 0.4) is 0 Å². The van der Waals surface area contributed by atoms with Gasteiger partial charge >= 0.3 is 0 Å². The minimum Gasteiger partial charge on any atom is -0.380 e. The summed E-state index contributed by atoms with van der Waals surface area (Å²) in [4.78, 5) is 0. The Morgan fingerprint density at radius 2 is 2.13 bits per heavy atom. The quantitative estimate of drug-likeness (QED) is 0.794. The van der Waals surface area contributed by atoms with Crippen molar-refractivity contribution in [2.45, 2.75) is 33.4 Å². The highest BCUT2D eigenvalue weighted by atomic mass is 16.5. The van der Waals surface area contributed by atoms with Gasteiger partial charge in [-0.15, -0.1) is 0 Å². The Kier molecular flexibility index (Phi) is 4.29. The van der Waals surface area contributed by atoms with E-state index >= 15 is 0 Å². The molecule has 1 unspecified atom stereocenters. The molecule has 0 fully saturated rings. The van der Waals surface area contributed by atoms with Crippen LogP contribution >= 0.6 is 0 Å². The molecule has 15 heavy (non-hydrogen) atoms. The molecule has 1 N–H and O–H groups in total. The molecule has 1 heterocycles. The van der Waals surface area contributed by atoms with Crippen molar-refractivity contribution < 1.29 is 4.74 Å². The normalized spacial score (nSPS) is 13.1. The Bertz CT molecular complexity index is 320. The number of hydrogen-bond donors (Lipinski definition) is 1. The lowest BCUT2D eigenvalue weighted by atomic mass is 10.2. The molecule has 0 aliphatic rings. The summed E-state index contributed by atoms with van der Waals surface area (Å²) < 4.78 is 7.09. The first-order valence-corrected chi connectivity index (χ1v) is 5.28. The van der Waals surface area contributed by atoms with Gasteiger partial charge in [0.25, 0.3) is 0 Å². The van der Waals surface area contributed by atoms with E-state index in [9.17, 15) is 0 Å². The largest absolute Gasteiger partial charge is 0.380 e. The van der Waals surface area contributed by atoms with Gasteiger partial charge in [0.1, 0.15) is 0 Å². The summed E-state index contributed by atoms with van der Waals surface area (Å²) in [5, 5.41) is 7.74. The fourth-order valence-electron chi connectivity index (χ4n) is 1.56. The molecular weight excluding hydrogens is 190 g/mol. The molecule has 4 nitrogen and oxygen atoms in total. The predicted molar refractivity (Wildman–Crippen MR) is 60.9 cm³/mol. The fourth-order valence-corrected chi connectivity index (χ4v) is 1.56. The van der Waals surface area contributed by atoms with E-state index in [0.29, 0.717) is 0 Å². The number of nitrogens with zero attached hydrogens (tertiary/aromatic N) is 2. The number of hydrogen-bond acceptors (Lipinski definition) is 3. The van der Waals surface area contributed by atoms with Gasteiger partial charge < -0.3 is 10.1 Å². The van der Waals surface area contributed by atoms with E-state index in [-0.39, 0.29) is 6.10 Å². The van der Waals surface area contributed by atoms with Crippen LogP contribution in [0.4, 0.5) is 0 Å². The van der Waals surface area contributed by atoms with Gasteiger partial charge in [-0.05, 0) is 20.8 Å². The highest BCUT2D eigenvalue weighted by Gasteiger charge is 2.08. The van der Waals surface area contributed by atoms with Crippen LogP contribution in [0.2, 0.25) is 0 Å². The van der Waals surface area contributed by atoms with Crippen molar-refractivity contribution in [2.24, 2.45) is 7.05 Å². The molecule has 0 aliphatic carbocycles. The lowest BCUT2D eigenvalue weighted by Gasteiger charge is -2.10. The highest BCUT2D eigenvalue weighted by Crippen LogP contribution is 2.10. The average molecular weight is 211 g/mol. The monoisotopic (exact) mass is 211 g/mol. The molecule has 1 aromatic heterocycles. The summed E-state index contributed by atoms with van der Waals surface area (Å²) in [5.41, 5.74) is 3.62. The van der Waals surface area contributed by atoms with Crippen molar-refractivity contribution in [2.75, 3.05) is 13.7 Å². The van der Waals surface area contributed by atoms with Gasteiger partial charge in [0.05, 0.1) is 11.8 Å². The van der Waals surface area contributed by atoms with Crippen molar-refractivity contribution in [3.8, 4) is 0 Å². The highest BCUT2D eigenvalue weighted by molar-refractivity contribution is 5.23. The maximum absolute atomic E-state index is 5.17. The van der Waals surface area contributed by atoms with Crippen LogP contribution in [0.1, 0.15) is 23.9 Å². The molecule has 0 aliphatic heterocycles. The zero-order valence-corrected chi connectivity index (χ0v) is 10.3. The lowest BCUT2D eigenvalue weighted by molar-refractivity contribution is 0.117. The molecule has 0 aromatic carbocycles. The third kappa shape index (κ3) is 3.04. The van der Waals surface area contributed by atoms with Gasteiger partial charge in [-0.1, -0.05) is 0 Å². The Labute approximate surface area is 91.6 Å². The summed E-state index contributed by atoms with van der Waals surface area (Å²) in [6.07, 6.45) is 0.252. The van der Waals surface area contributed by atoms with E-state index in [4.69, 9.17) is 4.74 Å². The van der Waals surface area contributed by atoms with Crippen LogP contribution in [0, 0.1) is 13.8 Å². The summed E-state index contributed by atoms with van der Waals surface area (Å²) in [7, 11) is 3.70. The van der Waals surface area contributed by atoms with E-state index in [2.05, 4.69) is 24.3 Å². The second-order valence-electron chi connectivity index (χ2n) is 3.95. The molecule has 4 heteroatoms. The van der Waals surface area contributed by atoms with E-state index in [1.165, 1.54) is 11.3 Å². The van der Waals surface area contributed by atoms with Gasteiger partial charge in [0.15, 0.2) is 0 Å². The average Bonchev–Trinajstić information content (AvgIpc) is 2.44. The lowest BCUT2D eigenvalue weighted by Crippen LogP contribution is -2.25. The van der Waals surface area contributed by atoms with Crippen molar-refractivity contribution >= 4 is 0 Å². The van der Waals surface area contributed by atoms with Gasteiger partial charge in [0, 0.05) is 38.5 Å². The molecule has 0 saturated carbocycles. The predicted octanol–water partition coefficient (Wildman–Crippen LogP) is 1.16. The fraction of sp³-hybridized carbons (Fsp3) is 0.727. The van der Waals surface area contributed by atoms with E-state index in [0.717, 1.165) is 18.8 Å².